The Kier molecular flexibility index (Phi) is 6.65. The first kappa shape index (κ1) is 15.4. The van der Waals surface area contributed by atoms with Gasteiger partial charge < -0.3 is 10.2 Å². The molecule has 1 amide bonds. The third kappa shape index (κ3) is 7.69. The van der Waals surface area contributed by atoms with E-state index in [9.17, 15) is 4.79 Å². The predicted molar refractivity (Wildman–Crippen MR) is 69.5 cm³/mol. The van der Waals surface area contributed by atoms with Crippen molar-refractivity contribution in [3.8, 4) is 0 Å². The normalized spacial score (nSPS) is 11.9. The van der Waals surface area contributed by atoms with Gasteiger partial charge in [0.2, 0.25) is 5.91 Å². The number of carbonyl (C=O) groups excluding carboxylic acids is 1. The lowest BCUT2D eigenvalue weighted by Gasteiger charge is -2.25. The quantitative estimate of drug-likeness (QED) is 0.756. The molecule has 0 saturated heterocycles. The smallest absolute Gasteiger partial charge is 0.223 e. The summed E-state index contributed by atoms with van der Waals surface area (Å²) in [4.78, 5) is 13.8. The van der Waals surface area contributed by atoms with Crippen LogP contribution in [0.4, 0.5) is 0 Å². The zero-order valence-corrected chi connectivity index (χ0v) is 11.8. The average molecular weight is 228 g/mol. The number of carbonyl (C=O) groups is 1. The lowest BCUT2D eigenvalue weighted by atomic mass is 10.1. The zero-order chi connectivity index (χ0) is 12.8. The average Bonchev–Trinajstić information content (AvgIpc) is 2.11. The SMILES string of the molecule is CCN(CC(C)C)C(=O)CCNC(C)(C)C. The van der Waals surface area contributed by atoms with Gasteiger partial charge in [0.25, 0.3) is 0 Å². The fourth-order valence-electron chi connectivity index (χ4n) is 1.55. The molecule has 0 heterocycles. The summed E-state index contributed by atoms with van der Waals surface area (Å²) in [7, 11) is 0. The molecule has 1 N–H and O–H groups in total. The van der Waals surface area contributed by atoms with Crippen LogP contribution in [0.1, 0.15) is 48.0 Å². The first-order valence-corrected chi connectivity index (χ1v) is 6.29. The summed E-state index contributed by atoms with van der Waals surface area (Å²) in [5.74, 6) is 0.799. The topological polar surface area (TPSA) is 32.3 Å². The molecule has 16 heavy (non-hydrogen) atoms. The van der Waals surface area contributed by atoms with Crippen LogP contribution in [0.15, 0.2) is 0 Å². The van der Waals surface area contributed by atoms with Crippen LogP contribution in [0.3, 0.4) is 0 Å². The maximum absolute atomic E-state index is 11.9. The fourth-order valence-corrected chi connectivity index (χ4v) is 1.55. The van der Waals surface area contributed by atoms with Crippen LogP contribution in [0.25, 0.3) is 0 Å². The van der Waals surface area contributed by atoms with Crippen molar-refractivity contribution in [2.24, 2.45) is 5.92 Å². The molecular formula is C13H28N2O. The minimum Gasteiger partial charge on any atom is -0.343 e. The molecule has 0 aromatic carbocycles. The van der Waals surface area contributed by atoms with Crippen molar-refractivity contribution in [1.82, 2.24) is 10.2 Å². The Bertz CT molecular complexity index is 206. The van der Waals surface area contributed by atoms with E-state index in [-0.39, 0.29) is 11.4 Å². The Morgan fingerprint density at radius 1 is 1.31 bits per heavy atom. The van der Waals surface area contributed by atoms with Crippen molar-refractivity contribution in [2.75, 3.05) is 19.6 Å². The van der Waals surface area contributed by atoms with Crippen molar-refractivity contribution >= 4 is 5.91 Å². The predicted octanol–water partition coefficient (Wildman–Crippen LogP) is 2.27. The van der Waals surface area contributed by atoms with Crippen molar-refractivity contribution in [2.45, 2.75) is 53.5 Å². The first-order chi connectivity index (χ1) is 7.26. The Hall–Kier alpha value is -0.570. The molecule has 0 aliphatic carbocycles. The second-order valence-corrected chi connectivity index (χ2v) is 5.75. The van der Waals surface area contributed by atoms with Gasteiger partial charge in [-0.15, -0.1) is 0 Å². The van der Waals surface area contributed by atoms with Crippen LogP contribution in [0, 0.1) is 5.92 Å². The molecule has 0 aliphatic rings. The van der Waals surface area contributed by atoms with Gasteiger partial charge in [0.1, 0.15) is 0 Å². The Balaban J connectivity index is 3.93. The third-order valence-corrected chi connectivity index (χ3v) is 2.31. The van der Waals surface area contributed by atoms with E-state index in [0.717, 1.165) is 19.6 Å². The van der Waals surface area contributed by atoms with Crippen molar-refractivity contribution in [3.05, 3.63) is 0 Å². The number of nitrogens with zero attached hydrogens (tertiary/aromatic N) is 1. The van der Waals surface area contributed by atoms with E-state index in [0.29, 0.717) is 12.3 Å². The lowest BCUT2D eigenvalue weighted by Crippen LogP contribution is -2.40. The molecule has 0 radical (unpaired) electrons. The summed E-state index contributed by atoms with van der Waals surface area (Å²) in [5.41, 5.74) is 0.0926. The van der Waals surface area contributed by atoms with Gasteiger partial charge in [-0.1, -0.05) is 13.8 Å². The summed E-state index contributed by atoms with van der Waals surface area (Å²) < 4.78 is 0. The molecule has 0 spiro atoms. The van der Waals surface area contributed by atoms with E-state index in [1.807, 2.05) is 11.8 Å². The van der Waals surface area contributed by atoms with Gasteiger partial charge in [-0.3, -0.25) is 4.79 Å². The van der Waals surface area contributed by atoms with Crippen LogP contribution in [0.5, 0.6) is 0 Å². The number of rotatable bonds is 6. The Labute approximate surface area is 101 Å². The van der Waals surface area contributed by atoms with Crippen LogP contribution >= 0.6 is 0 Å². The second-order valence-electron chi connectivity index (χ2n) is 5.75. The van der Waals surface area contributed by atoms with E-state index in [2.05, 4.69) is 39.9 Å². The van der Waals surface area contributed by atoms with Crippen molar-refractivity contribution in [1.29, 1.82) is 0 Å². The zero-order valence-electron chi connectivity index (χ0n) is 11.8. The van der Waals surface area contributed by atoms with Gasteiger partial charge in [-0.05, 0) is 33.6 Å². The molecule has 3 heteroatoms. The van der Waals surface area contributed by atoms with Gasteiger partial charge in [0.15, 0.2) is 0 Å². The number of nitrogens with one attached hydrogen (secondary N) is 1. The summed E-state index contributed by atoms with van der Waals surface area (Å²) in [6.45, 7) is 15.1. The molecule has 0 unspecified atom stereocenters. The molecule has 3 nitrogen and oxygen atoms in total. The summed E-state index contributed by atoms with van der Waals surface area (Å²) in [6, 6.07) is 0. The molecule has 0 atom stereocenters. The largest absolute Gasteiger partial charge is 0.343 e. The third-order valence-electron chi connectivity index (χ3n) is 2.31. The van der Waals surface area contributed by atoms with Crippen LogP contribution in [-0.4, -0.2) is 36.0 Å². The van der Waals surface area contributed by atoms with Gasteiger partial charge >= 0.3 is 0 Å². The highest BCUT2D eigenvalue weighted by Crippen LogP contribution is 2.02. The van der Waals surface area contributed by atoms with Crippen LogP contribution in [-0.2, 0) is 4.79 Å². The van der Waals surface area contributed by atoms with E-state index in [4.69, 9.17) is 0 Å². The van der Waals surface area contributed by atoms with E-state index in [1.165, 1.54) is 0 Å². The standard InChI is InChI=1S/C13H28N2O/c1-7-15(10-11(2)3)12(16)8-9-14-13(4,5)6/h11,14H,7-10H2,1-6H3. The lowest BCUT2D eigenvalue weighted by molar-refractivity contribution is -0.131. The van der Waals surface area contributed by atoms with Crippen molar-refractivity contribution < 1.29 is 4.79 Å². The van der Waals surface area contributed by atoms with Crippen LogP contribution in [0.2, 0.25) is 0 Å². The summed E-state index contributed by atoms with van der Waals surface area (Å²) in [6.07, 6.45) is 0.595. The molecule has 0 bridgehead atoms. The highest BCUT2D eigenvalue weighted by atomic mass is 16.2. The monoisotopic (exact) mass is 228 g/mol. The Morgan fingerprint density at radius 2 is 1.88 bits per heavy atom. The minimum absolute atomic E-state index is 0.0926. The van der Waals surface area contributed by atoms with Gasteiger partial charge in [-0.25, -0.2) is 0 Å². The molecule has 96 valence electrons. The molecule has 0 aromatic heterocycles. The minimum atomic E-state index is 0.0926. The molecular weight excluding hydrogens is 200 g/mol. The van der Waals surface area contributed by atoms with Gasteiger partial charge in [0.05, 0.1) is 0 Å². The van der Waals surface area contributed by atoms with Gasteiger partial charge in [0, 0.05) is 31.6 Å². The Morgan fingerprint density at radius 3 is 2.25 bits per heavy atom. The van der Waals surface area contributed by atoms with Gasteiger partial charge in [-0.2, -0.15) is 0 Å². The molecule has 0 fully saturated rings. The summed E-state index contributed by atoms with van der Waals surface area (Å²) >= 11 is 0. The second kappa shape index (κ2) is 6.89. The number of hydrogen-bond donors (Lipinski definition) is 1. The highest BCUT2D eigenvalue weighted by Gasteiger charge is 2.14. The van der Waals surface area contributed by atoms with Crippen molar-refractivity contribution in [3.63, 3.8) is 0 Å². The van der Waals surface area contributed by atoms with E-state index >= 15 is 0 Å². The van der Waals surface area contributed by atoms with E-state index < -0.39 is 0 Å². The summed E-state index contributed by atoms with van der Waals surface area (Å²) in [5, 5.41) is 3.34. The molecule has 0 aliphatic heterocycles. The fraction of sp³-hybridized carbons (Fsp3) is 0.923. The van der Waals surface area contributed by atoms with Crippen LogP contribution < -0.4 is 5.32 Å². The number of amides is 1. The molecule has 0 rings (SSSR count). The first-order valence-electron chi connectivity index (χ1n) is 6.29. The van der Waals surface area contributed by atoms with E-state index in [1.54, 1.807) is 0 Å². The number of hydrogen-bond acceptors (Lipinski definition) is 2. The molecule has 0 saturated carbocycles. The highest BCUT2D eigenvalue weighted by molar-refractivity contribution is 5.76. The maximum Gasteiger partial charge on any atom is 0.223 e. The molecule has 0 aromatic rings. The maximum atomic E-state index is 11.9.